The minimum Gasteiger partial charge on any atom is -0.497 e. The standard InChI is InChI=1S/C13H20N2O/c1-15(2)9-11-8-14-7-10-4-5-12(16-3)6-13(10)11/h4-6,11,14H,7-9H2,1-3H3. The number of ether oxygens (including phenoxy) is 1. The van der Waals surface area contributed by atoms with Crippen molar-refractivity contribution in [3.8, 4) is 5.75 Å². The van der Waals surface area contributed by atoms with E-state index in [0.29, 0.717) is 5.92 Å². The van der Waals surface area contributed by atoms with Crippen LogP contribution in [0.1, 0.15) is 17.0 Å². The van der Waals surface area contributed by atoms with Crippen molar-refractivity contribution in [3.05, 3.63) is 29.3 Å². The molecule has 3 nitrogen and oxygen atoms in total. The number of likely N-dealkylation sites (N-methyl/N-ethyl adjacent to an activating group) is 1. The zero-order valence-electron chi connectivity index (χ0n) is 10.3. The van der Waals surface area contributed by atoms with E-state index in [2.05, 4.69) is 36.4 Å². The minimum atomic E-state index is 0.564. The van der Waals surface area contributed by atoms with Crippen LogP contribution in [0.3, 0.4) is 0 Å². The maximum absolute atomic E-state index is 5.30. The van der Waals surface area contributed by atoms with Crippen LogP contribution in [-0.2, 0) is 6.54 Å². The summed E-state index contributed by atoms with van der Waals surface area (Å²) in [6.45, 7) is 3.11. The number of hydrogen-bond donors (Lipinski definition) is 1. The van der Waals surface area contributed by atoms with E-state index >= 15 is 0 Å². The number of nitrogens with one attached hydrogen (secondary N) is 1. The number of benzene rings is 1. The number of fused-ring (bicyclic) bond motifs is 1. The maximum atomic E-state index is 5.30. The van der Waals surface area contributed by atoms with Crippen LogP contribution in [0, 0.1) is 0 Å². The zero-order valence-corrected chi connectivity index (χ0v) is 10.3. The lowest BCUT2D eigenvalue weighted by molar-refractivity contribution is 0.353. The molecule has 1 aliphatic heterocycles. The normalized spacial score (nSPS) is 19.6. The monoisotopic (exact) mass is 220 g/mol. The summed E-state index contributed by atoms with van der Waals surface area (Å²) in [5, 5.41) is 3.47. The van der Waals surface area contributed by atoms with Crippen molar-refractivity contribution in [2.45, 2.75) is 12.5 Å². The first kappa shape index (κ1) is 11.4. The summed E-state index contributed by atoms with van der Waals surface area (Å²) in [5.74, 6) is 1.53. The molecule has 1 aromatic rings. The van der Waals surface area contributed by atoms with Gasteiger partial charge in [-0.25, -0.2) is 0 Å². The van der Waals surface area contributed by atoms with Crippen LogP contribution in [0.4, 0.5) is 0 Å². The molecule has 0 saturated heterocycles. The molecule has 1 heterocycles. The summed E-state index contributed by atoms with van der Waals surface area (Å²) >= 11 is 0. The molecule has 0 amide bonds. The molecule has 0 aliphatic carbocycles. The van der Waals surface area contributed by atoms with E-state index in [1.54, 1.807) is 7.11 Å². The lowest BCUT2D eigenvalue weighted by atomic mass is 9.90. The van der Waals surface area contributed by atoms with Crippen molar-refractivity contribution in [1.29, 1.82) is 0 Å². The zero-order chi connectivity index (χ0) is 11.5. The van der Waals surface area contributed by atoms with E-state index in [-0.39, 0.29) is 0 Å². The summed E-state index contributed by atoms with van der Waals surface area (Å²) in [5.41, 5.74) is 2.84. The van der Waals surface area contributed by atoms with Gasteiger partial charge in [0.15, 0.2) is 0 Å². The van der Waals surface area contributed by atoms with Gasteiger partial charge in [0.05, 0.1) is 7.11 Å². The van der Waals surface area contributed by atoms with Gasteiger partial charge in [-0.2, -0.15) is 0 Å². The molecule has 3 heteroatoms. The Morgan fingerprint density at radius 3 is 2.94 bits per heavy atom. The highest BCUT2D eigenvalue weighted by Crippen LogP contribution is 2.28. The molecule has 0 aromatic heterocycles. The summed E-state index contributed by atoms with van der Waals surface area (Å²) in [7, 11) is 5.96. The molecule has 2 rings (SSSR count). The Labute approximate surface area is 97.4 Å². The molecule has 0 spiro atoms. The largest absolute Gasteiger partial charge is 0.497 e. The third-order valence-electron chi connectivity index (χ3n) is 3.08. The molecule has 16 heavy (non-hydrogen) atoms. The van der Waals surface area contributed by atoms with Crippen molar-refractivity contribution < 1.29 is 4.74 Å². The van der Waals surface area contributed by atoms with Crippen molar-refractivity contribution >= 4 is 0 Å². The quantitative estimate of drug-likeness (QED) is 0.834. The van der Waals surface area contributed by atoms with Crippen molar-refractivity contribution in [2.75, 3.05) is 34.3 Å². The van der Waals surface area contributed by atoms with Crippen LogP contribution in [0.2, 0.25) is 0 Å². The van der Waals surface area contributed by atoms with Crippen molar-refractivity contribution in [2.24, 2.45) is 0 Å². The SMILES string of the molecule is COc1ccc2c(c1)C(CN(C)C)CNC2. The number of nitrogens with zero attached hydrogens (tertiary/aromatic N) is 1. The fourth-order valence-corrected chi connectivity index (χ4v) is 2.34. The van der Waals surface area contributed by atoms with Crippen LogP contribution in [0.25, 0.3) is 0 Å². The summed E-state index contributed by atoms with van der Waals surface area (Å²) in [6.07, 6.45) is 0. The fraction of sp³-hybridized carbons (Fsp3) is 0.538. The molecular weight excluding hydrogens is 200 g/mol. The number of rotatable bonds is 3. The molecule has 0 bridgehead atoms. The van der Waals surface area contributed by atoms with E-state index in [9.17, 15) is 0 Å². The highest BCUT2D eigenvalue weighted by molar-refractivity contribution is 5.39. The second kappa shape index (κ2) is 4.85. The lowest BCUT2D eigenvalue weighted by Gasteiger charge is -2.29. The Hall–Kier alpha value is -1.06. The van der Waals surface area contributed by atoms with E-state index in [4.69, 9.17) is 4.74 Å². The van der Waals surface area contributed by atoms with Crippen LogP contribution < -0.4 is 10.1 Å². The highest BCUT2D eigenvalue weighted by Gasteiger charge is 2.20. The molecule has 88 valence electrons. The van der Waals surface area contributed by atoms with Gasteiger partial charge < -0.3 is 15.0 Å². The molecule has 0 radical (unpaired) electrons. The number of methoxy groups -OCH3 is 1. The fourth-order valence-electron chi connectivity index (χ4n) is 2.34. The molecule has 0 saturated carbocycles. The third-order valence-corrected chi connectivity index (χ3v) is 3.08. The maximum Gasteiger partial charge on any atom is 0.119 e. The van der Waals surface area contributed by atoms with E-state index < -0.39 is 0 Å². The average molecular weight is 220 g/mol. The van der Waals surface area contributed by atoms with E-state index in [0.717, 1.165) is 25.4 Å². The van der Waals surface area contributed by atoms with Gasteiger partial charge in [0, 0.05) is 25.6 Å². The molecule has 1 N–H and O–H groups in total. The van der Waals surface area contributed by atoms with Gasteiger partial charge in [0.25, 0.3) is 0 Å². The Morgan fingerprint density at radius 1 is 1.44 bits per heavy atom. The van der Waals surface area contributed by atoms with E-state index in [1.807, 2.05) is 6.07 Å². The Morgan fingerprint density at radius 2 is 2.25 bits per heavy atom. The van der Waals surface area contributed by atoms with Crippen molar-refractivity contribution in [1.82, 2.24) is 10.2 Å². The van der Waals surface area contributed by atoms with Gasteiger partial charge >= 0.3 is 0 Å². The second-order valence-electron chi connectivity index (χ2n) is 4.65. The Balaban J connectivity index is 2.28. The summed E-state index contributed by atoms with van der Waals surface area (Å²) in [4.78, 5) is 2.24. The third kappa shape index (κ3) is 2.36. The lowest BCUT2D eigenvalue weighted by Crippen LogP contribution is -2.34. The minimum absolute atomic E-state index is 0.564. The van der Waals surface area contributed by atoms with Crippen LogP contribution in [0.15, 0.2) is 18.2 Å². The van der Waals surface area contributed by atoms with Crippen LogP contribution >= 0.6 is 0 Å². The van der Waals surface area contributed by atoms with Gasteiger partial charge in [0.1, 0.15) is 5.75 Å². The molecule has 1 unspecified atom stereocenters. The Kier molecular flexibility index (Phi) is 3.46. The second-order valence-corrected chi connectivity index (χ2v) is 4.65. The highest BCUT2D eigenvalue weighted by atomic mass is 16.5. The van der Waals surface area contributed by atoms with Gasteiger partial charge in [-0.3, -0.25) is 0 Å². The Bertz CT molecular complexity index is 363. The smallest absolute Gasteiger partial charge is 0.119 e. The van der Waals surface area contributed by atoms with Crippen LogP contribution in [-0.4, -0.2) is 39.2 Å². The molecule has 1 aliphatic rings. The molecular formula is C13H20N2O. The van der Waals surface area contributed by atoms with Crippen molar-refractivity contribution in [3.63, 3.8) is 0 Å². The average Bonchev–Trinajstić information content (AvgIpc) is 2.28. The molecule has 1 atom stereocenters. The predicted octanol–water partition coefficient (Wildman–Crippen LogP) is 1.44. The number of hydrogen-bond acceptors (Lipinski definition) is 3. The first-order valence-corrected chi connectivity index (χ1v) is 5.73. The predicted molar refractivity (Wildman–Crippen MR) is 66.0 cm³/mol. The topological polar surface area (TPSA) is 24.5 Å². The molecule has 1 aromatic carbocycles. The van der Waals surface area contributed by atoms with Crippen LogP contribution in [0.5, 0.6) is 5.75 Å². The summed E-state index contributed by atoms with van der Waals surface area (Å²) < 4.78 is 5.30. The van der Waals surface area contributed by atoms with Gasteiger partial charge in [0.2, 0.25) is 0 Å². The van der Waals surface area contributed by atoms with Gasteiger partial charge in [-0.1, -0.05) is 6.07 Å². The summed E-state index contributed by atoms with van der Waals surface area (Å²) in [6, 6.07) is 6.39. The van der Waals surface area contributed by atoms with Gasteiger partial charge in [-0.05, 0) is 37.4 Å². The first-order chi connectivity index (χ1) is 7.70. The van der Waals surface area contributed by atoms with Gasteiger partial charge in [-0.15, -0.1) is 0 Å². The first-order valence-electron chi connectivity index (χ1n) is 5.73. The molecule has 0 fully saturated rings. The van der Waals surface area contributed by atoms with E-state index in [1.165, 1.54) is 11.1 Å².